The van der Waals surface area contributed by atoms with Crippen molar-refractivity contribution in [2.24, 2.45) is 0 Å². The Morgan fingerprint density at radius 2 is 2.36 bits per heavy atom. The van der Waals surface area contributed by atoms with Crippen LogP contribution in [0.25, 0.3) is 0 Å². The first-order valence-electron chi connectivity index (χ1n) is 7.23. The molecule has 1 amide bonds. The normalized spacial score (nSPS) is 22.0. The fourth-order valence-corrected chi connectivity index (χ4v) is 2.43. The van der Waals surface area contributed by atoms with Gasteiger partial charge < -0.3 is 19.5 Å². The summed E-state index contributed by atoms with van der Waals surface area (Å²) in [5, 5.41) is 10.8. The topological polar surface area (TPSA) is 71.9 Å². The van der Waals surface area contributed by atoms with E-state index in [1.165, 1.54) is 4.90 Å². The van der Waals surface area contributed by atoms with Crippen LogP contribution in [0.3, 0.4) is 0 Å². The van der Waals surface area contributed by atoms with Crippen molar-refractivity contribution < 1.29 is 19.4 Å². The number of carbonyl (C=O) groups excluding carboxylic acids is 1. The third kappa shape index (κ3) is 4.54. The van der Waals surface area contributed by atoms with Gasteiger partial charge in [-0.05, 0) is 26.0 Å². The minimum absolute atomic E-state index is 0.134. The number of hydrogen-bond donors (Lipinski definition) is 1. The zero-order valence-corrected chi connectivity index (χ0v) is 13.0. The predicted molar refractivity (Wildman–Crippen MR) is 81.3 cm³/mol. The van der Waals surface area contributed by atoms with E-state index < -0.39 is 11.7 Å². The van der Waals surface area contributed by atoms with E-state index in [1.807, 2.05) is 25.1 Å². The molecule has 6 nitrogen and oxygen atoms in total. The third-order valence-electron chi connectivity index (χ3n) is 3.34. The van der Waals surface area contributed by atoms with Crippen LogP contribution in [0.1, 0.15) is 18.3 Å². The fourth-order valence-electron chi connectivity index (χ4n) is 2.43. The lowest BCUT2D eigenvalue weighted by Gasteiger charge is -2.30. The molecule has 0 radical (unpaired) electrons. The van der Waals surface area contributed by atoms with Crippen LogP contribution >= 0.6 is 0 Å². The van der Waals surface area contributed by atoms with E-state index in [0.717, 1.165) is 11.4 Å². The number of aromatic nitrogens is 1. The van der Waals surface area contributed by atoms with Gasteiger partial charge >= 0.3 is 6.09 Å². The lowest BCUT2D eigenvalue weighted by atomic mass is 9.97. The van der Waals surface area contributed by atoms with Crippen LogP contribution in [-0.2, 0) is 15.9 Å². The molecule has 0 aliphatic carbocycles. The van der Waals surface area contributed by atoms with Gasteiger partial charge in [0, 0.05) is 24.4 Å². The van der Waals surface area contributed by atoms with E-state index in [9.17, 15) is 9.90 Å². The summed E-state index contributed by atoms with van der Waals surface area (Å²) in [6, 6.07) is 5.64. The molecule has 1 aromatic rings. The maximum Gasteiger partial charge on any atom is 0.415 e. The molecule has 1 aromatic heterocycles. The Morgan fingerprint density at radius 1 is 1.59 bits per heavy atom. The summed E-state index contributed by atoms with van der Waals surface area (Å²) in [7, 11) is 0. The van der Waals surface area contributed by atoms with Crippen molar-refractivity contribution in [1.29, 1.82) is 0 Å². The van der Waals surface area contributed by atoms with Crippen molar-refractivity contribution in [3.8, 4) is 0 Å². The molecule has 0 saturated carbocycles. The van der Waals surface area contributed by atoms with Gasteiger partial charge in [-0.15, -0.1) is 0 Å². The summed E-state index contributed by atoms with van der Waals surface area (Å²) in [5.41, 5.74) is 0.459. The number of nitrogens with zero attached hydrogens (tertiary/aromatic N) is 2. The Kier molecular flexibility index (Phi) is 5.15. The van der Waals surface area contributed by atoms with E-state index in [0.29, 0.717) is 25.3 Å². The number of amides is 1. The molecule has 1 aliphatic rings. The first-order valence-corrected chi connectivity index (χ1v) is 7.23. The SMILES string of the molecule is C=C(C)OC(=O)N1CCOCC(O)(Cc2cccc(C)n2)C1. The number of rotatable bonds is 3. The van der Waals surface area contributed by atoms with Gasteiger partial charge in [-0.3, -0.25) is 4.98 Å². The zero-order valence-electron chi connectivity index (χ0n) is 13.0. The van der Waals surface area contributed by atoms with Crippen LogP contribution in [0.5, 0.6) is 0 Å². The van der Waals surface area contributed by atoms with Gasteiger partial charge in [0.05, 0.1) is 25.5 Å². The van der Waals surface area contributed by atoms with E-state index in [2.05, 4.69) is 11.6 Å². The highest BCUT2D eigenvalue weighted by molar-refractivity contribution is 5.68. The molecule has 1 atom stereocenters. The number of hydrogen-bond acceptors (Lipinski definition) is 5. The van der Waals surface area contributed by atoms with Gasteiger partial charge in [0.1, 0.15) is 5.60 Å². The van der Waals surface area contributed by atoms with Gasteiger partial charge in [0.25, 0.3) is 0 Å². The second kappa shape index (κ2) is 6.89. The van der Waals surface area contributed by atoms with Crippen LogP contribution in [0, 0.1) is 6.92 Å². The molecule has 120 valence electrons. The molecule has 1 saturated heterocycles. The summed E-state index contributed by atoms with van der Waals surface area (Å²) in [4.78, 5) is 17.9. The van der Waals surface area contributed by atoms with Crippen molar-refractivity contribution in [3.05, 3.63) is 41.9 Å². The second-order valence-corrected chi connectivity index (χ2v) is 5.72. The highest BCUT2D eigenvalue weighted by Gasteiger charge is 2.35. The Bertz CT molecular complexity index is 561. The highest BCUT2D eigenvalue weighted by atomic mass is 16.6. The fraction of sp³-hybridized carbons (Fsp3) is 0.500. The molecule has 6 heteroatoms. The number of aryl methyl sites for hydroxylation is 1. The number of pyridine rings is 1. The van der Waals surface area contributed by atoms with Crippen molar-refractivity contribution in [2.75, 3.05) is 26.3 Å². The molecular weight excluding hydrogens is 284 g/mol. The van der Waals surface area contributed by atoms with Gasteiger partial charge in [-0.2, -0.15) is 0 Å². The minimum atomic E-state index is -1.19. The molecule has 1 unspecified atom stereocenters. The predicted octanol–water partition coefficient (Wildman–Crippen LogP) is 1.67. The third-order valence-corrected chi connectivity index (χ3v) is 3.34. The average Bonchev–Trinajstić information content (AvgIpc) is 2.60. The summed E-state index contributed by atoms with van der Waals surface area (Å²) < 4.78 is 10.5. The Hall–Kier alpha value is -1.92. The molecule has 1 aliphatic heterocycles. The monoisotopic (exact) mass is 306 g/mol. The van der Waals surface area contributed by atoms with Crippen LogP contribution < -0.4 is 0 Å². The second-order valence-electron chi connectivity index (χ2n) is 5.72. The number of aliphatic hydroxyl groups is 1. The van der Waals surface area contributed by atoms with Crippen LogP contribution in [0.15, 0.2) is 30.5 Å². The summed E-state index contributed by atoms with van der Waals surface area (Å²) >= 11 is 0. The lowest BCUT2D eigenvalue weighted by Crippen LogP contribution is -2.48. The number of β-amino-alcohol motifs (C(OH)–C–C–N with tert-alkyl or cyclic N) is 1. The Balaban J connectivity index is 2.10. The highest BCUT2D eigenvalue weighted by Crippen LogP contribution is 2.19. The number of carbonyl (C=O) groups is 1. The van der Waals surface area contributed by atoms with Gasteiger partial charge in [0.15, 0.2) is 0 Å². The van der Waals surface area contributed by atoms with Crippen LogP contribution in [0.2, 0.25) is 0 Å². The molecule has 1 fully saturated rings. The number of ether oxygens (including phenoxy) is 2. The largest absolute Gasteiger partial charge is 0.416 e. The maximum atomic E-state index is 12.0. The molecular formula is C16H22N2O4. The molecule has 0 bridgehead atoms. The minimum Gasteiger partial charge on any atom is -0.416 e. The molecule has 2 heterocycles. The molecule has 1 N–H and O–H groups in total. The van der Waals surface area contributed by atoms with Crippen molar-refractivity contribution in [3.63, 3.8) is 0 Å². The first kappa shape index (κ1) is 16.5. The zero-order chi connectivity index (χ0) is 16.2. The van der Waals surface area contributed by atoms with E-state index >= 15 is 0 Å². The van der Waals surface area contributed by atoms with Crippen LogP contribution in [-0.4, -0.2) is 53.0 Å². The summed E-state index contributed by atoms with van der Waals surface area (Å²) in [5.74, 6) is 0.319. The lowest BCUT2D eigenvalue weighted by molar-refractivity contribution is -0.0354. The van der Waals surface area contributed by atoms with E-state index in [4.69, 9.17) is 9.47 Å². The van der Waals surface area contributed by atoms with Crippen LogP contribution in [0.4, 0.5) is 4.79 Å². The van der Waals surface area contributed by atoms with Gasteiger partial charge in [-0.25, -0.2) is 4.79 Å². The molecule has 0 spiro atoms. The molecule has 2 rings (SSSR count). The summed E-state index contributed by atoms with van der Waals surface area (Å²) in [6.07, 6.45) is -0.209. The quantitative estimate of drug-likeness (QED) is 0.860. The van der Waals surface area contributed by atoms with Crippen molar-refractivity contribution in [2.45, 2.75) is 25.9 Å². The van der Waals surface area contributed by atoms with Crippen molar-refractivity contribution >= 4 is 6.09 Å². The molecule has 0 aromatic carbocycles. The number of allylic oxidation sites excluding steroid dienone is 1. The summed E-state index contributed by atoms with van der Waals surface area (Å²) in [6.45, 7) is 8.07. The first-order chi connectivity index (χ1) is 10.4. The molecule has 22 heavy (non-hydrogen) atoms. The average molecular weight is 306 g/mol. The maximum absolute atomic E-state index is 12.0. The Morgan fingerprint density at radius 3 is 3.05 bits per heavy atom. The Labute approximate surface area is 130 Å². The van der Waals surface area contributed by atoms with Gasteiger partial charge in [0.2, 0.25) is 0 Å². The van der Waals surface area contributed by atoms with E-state index in [1.54, 1.807) is 6.92 Å². The standard InChI is InChI=1S/C16H22N2O4/c1-12(2)22-15(19)18-7-8-21-11-16(20,10-18)9-14-6-4-5-13(3)17-14/h4-6,20H,1,7-11H2,2-3H3. The van der Waals surface area contributed by atoms with E-state index in [-0.39, 0.29) is 13.2 Å². The van der Waals surface area contributed by atoms with Gasteiger partial charge in [-0.1, -0.05) is 12.6 Å². The van der Waals surface area contributed by atoms with Crippen molar-refractivity contribution in [1.82, 2.24) is 9.88 Å². The smallest absolute Gasteiger partial charge is 0.415 e.